The Morgan fingerprint density at radius 2 is 1.36 bits per heavy atom. The Morgan fingerprint density at radius 3 is 1.96 bits per heavy atom. The highest BCUT2D eigenvalue weighted by Gasteiger charge is 2.48. The lowest BCUT2D eigenvalue weighted by Crippen LogP contribution is -2.43. The minimum Gasteiger partial charge on any atom is -0.198 e. The Morgan fingerprint density at radius 1 is 0.760 bits per heavy atom. The number of hydrogen-bond acceptors (Lipinski definition) is 1. The fraction of sp³-hybridized carbons (Fsp3) is 0.958. The maximum absolute atomic E-state index is 9.90. The van der Waals surface area contributed by atoms with Crippen LogP contribution in [0.5, 0.6) is 0 Å². The normalized spacial score (nSPS) is 33.7. The topological polar surface area (TPSA) is 23.8 Å². The minimum atomic E-state index is 0.0358. The molecule has 3 saturated carbocycles. The predicted octanol–water partition coefficient (Wildman–Crippen LogP) is 7.80. The van der Waals surface area contributed by atoms with Crippen molar-refractivity contribution in [3.05, 3.63) is 0 Å². The molecule has 0 saturated heterocycles. The van der Waals surface area contributed by atoms with Gasteiger partial charge in [-0.2, -0.15) is 5.26 Å². The van der Waals surface area contributed by atoms with Crippen molar-refractivity contribution in [2.45, 2.75) is 122 Å². The van der Waals surface area contributed by atoms with E-state index in [1.165, 1.54) is 116 Å². The average molecular weight is 344 g/mol. The first-order valence-corrected chi connectivity index (χ1v) is 11.7. The number of unbranched alkanes of at least 4 members (excludes halogenated alkanes) is 2. The highest BCUT2D eigenvalue weighted by atomic mass is 14.5. The van der Waals surface area contributed by atoms with Gasteiger partial charge < -0.3 is 0 Å². The van der Waals surface area contributed by atoms with Gasteiger partial charge in [0.1, 0.15) is 0 Å². The molecule has 3 rings (SSSR count). The lowest BCUT2D eigenvalue weighted by atomic mass is 9.51. The molecule has 25 heavy (non-hydrogen) atoms. The summed E-state index contributed by atoms with van der Waals surface area (Å²) in [4.78, 5) is 0. The Kier molecular flexibility index (Phi) is 6.87. The van der Waals surface area contributed by atoms with E-state index in [0.717, 1.165) is 11.8 Å². The van der Waals surface area contributed by atoms with Crippen molar-refractivity contribution in [1.29, 1.82) is 5.26 Å². The van der Waals surface area contributed by atoms with Gasteiger partial charge in [0, 0.05) is 0 Å². The number of nitriles is 1. The van der Waals surface area contributed by atoms with Crippen LogP contribution in [0, 0.1) is 34.0 Å². The predicted molar refractivity (Wildman–Crippen MR) is 106 cm³/mol. The number of hydrogen-bond donors (Lipinski definition) is 0. The molecular formula is C24H41N. The number of nitrogens with zero attached hydrogens (tertiary/aromatic N) is 1. The molecule has 0 aromatic heterocycles. The molecule has 0 N–H and O–H groups in total. The second-order valence-corrected chi connectivity index (χ2v) is 9.75. The molecule has 3 aliphatic rings. The van der Waals surface area contributed by atoms with Crippen LogP contribution in [0.1, 0.15) is 122 Å². The van der Waals surface area contributed by atoms with Crippen LogP contribution in [0.25, 0.3) is 0 Å². The summed E-state index contributed by atoms with van der Waals surface area (Å²) in [5, 5.41) is 9.90. The minimum absolute atomic E-state index is 0.0358. The standard InChI is InChI=1S/C24H41N/c1-2-3-8-15-23(20-25)18-13-22(14-19-23)24(16-9-5-10-17-24)21-11-6-4-7-12-21/h21-22H,2-19H2,1H3. The maximum atomic E-state index is 9.90. The summed E-state index contributed by atoms with van der Waals surface area (Å²) in [6.07, 6.45) is 25.0. The molecule has 0 amide bonds. The summed E-state index contributed by atoms with van der Waals surface area (Å²) in [7, 11) is 0. The van der Waals surface area contributed by atoms with Crippen LogP contribution < -0.4 is 0 Å². The van der Waals surface area contributed by atoms with Crippen LogP contribution in [0.2, 0.25) is 0 Å². The zero-order valence-corrected chi connectivity index (χ0v) is 16.8. The van der Waals surface area contributed by atoms with E-state index in [9.17, 15) is 5.26 Å². The zero-order valence-electron chi connectivity index (χ0n) is 16.8. The van der Waals surface area contributed by atoms with Crippen molar-refractivity contribution in [3.63, 3.8) is 0 Å². The third-order valence-electron chi connectivity index (χ3n) is 8.45. The molecule has 0 spiro atoms. The molecule has 142 valence electrons. The van der Waals surface area contributed by atoms with Crippen LogP contribution in [-0.2, 0) is 0 Å². The Bertz CT molecular complexity index is 426. The Labute approximate surface area is 157 Å². The van der Waals surface area contributed by atoms with E-state index in [0.29, 0.717) is 5.41 Å². The molecule has 0 aromatic carbocycles. The smallest absolute Gasteiger partial charge is 0.0689 e. The SMILES string of the molecule is CCCCCC1(C#N)CCC(C2(C3CCCCC3)CCCCC2)CC1. The maximum Gasteiger partial charge on any atom is 0.0689 e. The monoisotopic (exact) mass is 343 g/mol. The van der Waals surface area contributed by atoms with E-state index in [1.54, 1.807) is 0 Å². The van der Waals surface area contributed by atoms with Crippen LogP contribution in [0.4, 0.5) is 0 Å². The molecule has 3 fully saturated rings. The van der Waals surface area contributed by atoms with Gasteiger partial charge in [0.15, 0.2) is 0 Å². The zero-order chi connectivity index (χ0) is 17.6. The fourth-order valence-corrected chi connectivity index (χ4v) is 6.91. The summed E-state index contributed by atoms with van der Waals surface area (Å²) < 4.78 is 0. The van der Waals surface area contributed by atoms with E-state index in [1.807, 2.05) is 0 Å². The molecule has 0 atom stereocenters. The third-order valence-corrected chi connectivity index (χ3v) is 8.45. The van der Waals surface area contributed by atoms with Crippen molar-refractivity contribution >= 4 is 0 Å². The van der Waals surface area contributed by atoms with Crippen molar-refractivity contribution in [2.75, 3.05) is 0 Å². The fourth-order valence-electron chi connectivity index (χ4n) is 6.91. The molecule has 0 bridgehead atoms. The van der Waals surface area contributed by atoms with Gasteiger partial charge in [-0.05, 0) is 75.0 Å². The highest BCUT2D eigenvalue weighted by Crippen LogP contribution is 2.58. The summed E-state index contributed by atoms with van der Waals surface area (Å²) in [6.45, 7) is 2.27. The summed E-state index contributed by atoms with van der Waals surface area (Å²) in [6, 6.07) is 2.79. The first-order chi connectivity index (χ1) is 12.2. The first kappa shape index (κ1) is 19.3. The molecule has 0 aromatic rings. The molecule has 3 aliphatic carbocycles. The Balaban J connectivity index is 1.66. The summed E-state index contributed by atoms with van der Waals surface area (Å²) >= 11 is 0. The second-order valence-electron chi connectivity index (χ2n) is 9.75. The summed E-state index contributed by atoms with van der Waals surface area (Å²) in [5.41, 5.74) is 0.706. The van der Waals surface area contributed by atoms with Gasteiger partial charge in [-0.25, -0.2) is 0 Å². The van der Waals surface area contributed by atoms with E-state index >= 15 is 0 Å². The van der Waals surface area contributed by atoms with Gasteiger partial charge in [-0.3, -0.25) is 0 Å². The highest BCUT2D eigenvalue weighted by molar-refractivity contribution is 5.05. The van der Waals surface area contributed by atoms with E-state index in [2.05, 4.69) is 13.0 Å². The second kappa shape index (κ2) is 8.92. The van der Waals surface area contributed by atoms with Crippen LogP contribution >= 0.6 is 0 Å². The molecule has 0 heterocycles. The van der Waals surface area contributed by atoms with Gasteiger partial charge in [0.25, 0.3) is 0 Å². The van der Waals surface area contributed by atoms with E-state index in [4.69, 9.17) is 0 Å². The first-order valence-electron chi connectivity index (χ1n) is 11.7. The van der Waals surface area contributed by atoms with E-state index < -0.39 is 0 Å². The largest absolute Gasteiger partial charge is 0.198 e. The van der Waals surface area contributed by atoms with Crippen LogP contribution in [0.15, 0.2) is 0 Å². The average Bonchev–Trinajstić information content (AvgIpc) is 2.70. The van der Waals surface area contributed by atoms with Gasteiger partial charge in [-0.15, -0.1) is 0 Å². The molecule has 0 aliphatic heterocycles. The summed E-state index contributed by atoms with van der Waals surface area (Å²) in [5.74, 6) is 1.95. The third kappa shape index (κ3) is 4.26. The van der Waals surface area contributed by atoms with Crippen molar-refractivity contribution in [3.8, 4) is 6.07 Å². The van der Waals surface area contributed by atoms with Gasteiger partial charge in [0.05, 0.1) is 11.5 Å². The molecule has 0 unspecified atom stereocenters. The van der Waals surface area contributed by atoms with Crippen LogP contribution in [0.3, 0.4) is 0 Å². The molecular weight excluding hydrogens is 302 g/mol. The van der Waals surface area contributed by atoms with Crippen molar-refractivity contribution in [2.24, 2.45) is 22.7 Å². The van der Waals surface area contributed by atoms with Crippen LogP contribution in [-0.4, -0.2) is 0 Å². The number of rotatable bonds is 6. The van der Waals surface area contributed by atoms with Gasteiger partial charge in [0.2, 0.25) is 0 Å². The molecule has 1 heteroatoms. The lowest BCUT2D eigenvalue weighted by molar-refractivity contribution is -0.0263. The van der Waals surface area contributed by atoms with Crippen molar-refractivity contribution in [1.82, 2.24) is 0 Å². The lowest BCUT2D eigenvalue weighted by Gasteiger charge is -2.53. The molecule has 0 radical (unpaired) electrons. The van der Waals surface area contributed by atoms with Gasteiger partial charge in [-0.1, -0.05) is 64.7 Å². The molecule has 1 nitrogen and oxygen atoms in total. The quantitative estimate of drug-likeness (QED) is 0.451. The van der Waals surface area contributed by atoms with E-state index in [-0.39, 0.29) is 5.41 Å². The van der Waals surface area contributed by atoms with Gasteiger partial charge >= 0.3 is 0 Å². The van der Waals surface area contributed by atoms with Crippen molar-refractivity contribution < 1.29 is 0 Å². The Hall–Kier alpha value is -0.510.